The summed E-state index contributed by atoms with van der Waals surface area (Å²) in [5.74, 6) is 1.99. The van der Waals surface area contributed by atoms with E-state index in [1.807, 2.05) is 18.3 Å². The Morgan fingerprint density at radius 2 is 2.41 bits per heavy atom. The van der Waals surface area contributed by atoms with E-state index in [-0.39, 0.29) is 0 Å². The van der Waals surface area contributed by atoms with E-state index in [2.05, 4.69) is 10.1 Å². The molecule has 0 amide bonds. The van der Waals surface area contributed by atoms with Crippen molar-refractivity contribution in [2.75, 3.05) is 20.3 Å². The molecule has 3 rings (SSSR count). The Balaban J connectivity index is 1.95. The third-order valence-electron chi connectivity index (χ3n) is 3.08. The van der Waals surface area contributed by atoms with Crippen LogP contribution in [-0.4, -0.2) is 34.9 Å². The number of rotatable bonds is 2. The smallest absolute Gasteiger partial charge is 0.157 e. The van der Waals surface area contributed by atoms with Crippen molar-refractivity contribution in [1.29, 1.82) is 0 Å². The highest BCUT2D eigenvalue weighted by molar-refractivity contribution is 5.40. The van der Waals surface area contributed by atoms with Crippen molar-refractivity contribution in [2.45, 2.75) is 18.8 Å². The molecule has 0 radical (unpaired) electrons. The van der Waals surface area contributed by atoms with Gasteiger partial charge in [-0.25, -0.2) is 9.50 Å². The van der Waals surface area contributed by atoms with Crippen molar-refractivity contribution in [1.82, 2.24) is 14.6 Å². The van der Waals surface area contributed by atoms with Crippen molar-refractivity contribution in [3.63, 3.8) is 0 Å². The predicted octanol–water partition coefficient (Wildman–Crippen LogP) is 1.63. The monoisotopic (exact) mass is 233 g/mol. The lowest BCUT2D eigenvalue weighted by molar-refractivity contribution is 0.0781. The maximum absolute atomic E-state index is 5.46. The molecule has 5 nitrogen and oxygen atoms in total. The molecule has 1 aliphatic heterocycles. The molecule has 0 bridgehead atoms. The summed E-state index contributed by atoms with van der Waals surface area (Å²) in [5.41, 5.74) is 0.853. The van der Waals surface area contributed by atoms with E-state index in [1.54, 1.807) is 11.6 Å². The summed E-state index contributed by atoms with van der Waals surface area (Å²) in [6, 6.07) is 3.81. The van der Waals surface area contributed by atoms with E-state index in [0.29, 0.717) is 5.92 Å². The van der Waals surface area contributed by atoms with Gasteiger partial charge in [0.2, 0.25) is 0 Å². The van der Waals surface area contributed by atoms with Gasteiger partial charge in [-0.3, -0.25) is 0 Å². The molecule has 5 heteroatoms. The van der Waals surface area contributed by atoms with Gasteiger partial charge < -0.3 is 9.47 Å². The van der Waals surface area contributed by atoms with Gasteiger partial charge in [-0.1, -0.05) is 0 Å². The molecule has 1 saturated heterocycles. The summed E-state index contributed by atoms with van der Waals surface area (Å²) in [6.45, 7) is 1.59. The zero-order valence-electron chi connectivity index (χ0n) is 9.80. The Labute approximate surface area is 99.4 Å². The van der Waals surface area contributed by atoms with Crippen LogP contribution in [0.1, 0.15) is 24.6 Å². The Hall–Kier alpha value is -1.62. The molecule has 1 fully saturated rings. The van der Waals surface area contributed by atoms with Gasteiger partial charge in [-0.15, -0.1) is 0 Å². The van der Waals surface area contributed by atoms with E-state index in [0.717, 1.165) is 43.3 Å². The summed E-state index contributed by atoms with van der Waals surface area (Å²) < 4.78 is 12.4. The molecular formula is C12H15N3O2. The zero-order valence-corrected chi connectivity index (χ0v) is 9.80. The maximum Gasteiger partial charge on any atom is 0.157 e. The maximum atomic E-state index is 5.46. The number of ether oxygens (including phenoxy) is 2. The SMILES string of the molecule is COc1ccc2nc(C3CCCOC3)nn2c1. The number of nitrogens with zero attached hydrogens (tertiary/aromatic N) is 3. The lowest BCUT2D eigenvalue weighted by atomic mass is 10.0. The lowest BCUT2D eigenvalue weighted by Crippen LogP contribution is -2.16. The fourth-order valence-corrected chi connectivity index (χ4v) is 2.12. The molecule has 0 N–H and O–H groups in total. The first kappa shape index (κ1) is 10.5. The zero-order chi connectivity index (χ0) is 11.7. The summed E-state index contributed by atoms with van der Waals surface area (Å²) in [4.78, 5) is 4.53. The largest absolute Gasteiger partial charge is 0.495 e. The second kappa shape index (κ2) is 4.33. The van der Waals surface area contributed by atoms with Gasteiger partial charge in [-0.2, -0.15) is 5.10 Å². The van der Waals surface area contributed by atoms with Crippen LogP contribution in [0.15, 0.2) is 18.3 Å². The van der Waals surface area contributed by atoms with Gasteiger partial charge >= 0.3 is 0 Å². The predicted molar refractivity (Wildman–Crippen MR) is 62.3 cm³/mol. The number of hydrogen-bond donors (Lipinski definition) is 0. The van der Waals surface area contributed by atoms with Crippen LogP contribution >= 0.6 is 0 Å². The lowest BCUT2D eigenvalue weighted by Gasteiger charge is -2.18. The molecule has 3 heterocycles. The summed E-state index contributed by atoms with van der Waals surface area (Å²) in [7, 11) is 1.65. The van der Waals surface area contributed by atoms with Crippen molar-refractivity contribution in [3.05, 3.63) is 24.2 Å². The second-order valence-electron chi connectivity index (χ2n) is 4.26. The first-order chi connectivity index (χ1) is 8.36. The Morgan fingerprint density at radius 3 is 3.18 bits per heavy atom. The Kier molecular flexibility index (Phi) is 2.68. The number of methoxy groups -OCH3 is 1. The van der Waals surface area contributed by atoms with Crippen LogP contribution in [0.25, 0.3) is 5.65 Å². The summed E-state index contributed by atoms with van der Waals surface area (Å²) in [5, 5.41) is 4.49. The van der Waals surface area contributed by atoms with Gasteiger partial charge in [0.05, 0.1) is 19.9 Å². The van der Waals surface area contributed by atoms with Crippen LogP contribution in [0, 0.1) is 0 Å². The van der Waals surface area contributed by atoms with Crippen molar-refractivity contribution in [2.24, 2.45) is 0 Å². The fourth-order valence-electron chi connectivity index (χ4n) is 2.12. The number of aromatic nitrogens is 3. The highest BCUT2D eigenvalue weighted by atomic mass is 16.5. The minimum absolute atomic E-state index is 0.328. The fraction of sp³-hybridized carbons (Fsp3) is 0.500. The number of pyridine rings is 1. The first-order valence-electron chi connectivity index (χ1n) is 5.85. The van der Waals surface area contributed by atoms with E-state index in [4.69, 9.17) is 9.47 Å². The van der Waals surface area contributed by atoms with Crippen molar-refractivity contribution < 1.29 is 9.47 Å². The molecule has 90 valence electrons. The van der Waals surface area contributed by atoms with Crippen LogP contribution in [0.5, 0.6) is 5.75 Å². The van der Waals surface area contributed by atoms with Crippen LogP contribution in [-0.2, 0) is 4.74 Å². The molecule has 2 aromatic heterocycles. The number of fused-ring (bicyclic) bond motifs is 1. The first-order valence-corrected chi connectivity index (χ1v) is 5.85. The minimum atomic E-state index is 0.328. The van der Waals surface area contributed by atoms with Crippen LogP contribution in [0.3, 0.4) is 0 Å². The highest BCUT2D eigenvalue weighted by Crippen LogP contribution is 2.23. The molecule has 1 atom stereocenters. The van der Waals surface area contributed by atoms with Crippen LogP contribution in [0.4, 0.5) is 0 Å². The molecule has 0 aromatic carbocycles. The quantitative estimate of drug-likeness (QED) is 0.791. The molecule has 2 aromatic rings. The topological polar surface area (TPSA) is 48.7 Å². The summed E-state index contributed by atoms with van der Waals surface area (Å²) in [6.07, 6.45) is 4.03. The van der Waals surface area contributed by atoms with Gasteiger partial charge in [0.25, 0.3) is 0 Å². The van der Waals surface area contributed by atoms with Gasteiger partial charge in [0.1, 0.15) is 5.75 Å². The van der Waals surface area contributed by atoms with Gasteiger partial charge in [0, 0.05) is 12.5 Å². The molecule has 1 unspecified atom stereocenters. The van der Waals surface area contributed by atoms with Crippen molar-refractivity contribution in [3.8, 4) is 5.75 Å². The third kappa shape index (κ3) is 1.98. The third-order valence-corrected chi connectivity index (χ3v) is 3.08. The molecular weight excluding hydrogens is 218 g/mol. The average molecular weight is 233 g/mol. The van der Waals surface area contributed by atoms with Gasteiger partial charge in [0.15, 0.2) is 11.5 Å². The van der Waals surface area contributed by atoms with E-state index >= 15 is 0 Å². The molecule has 0 spiro atoms. The van der Waals surface area contributed by atoms with Crippen LogP contribution in [0.2, 0.25) is 0 Å². The highest BCUT2D eigenvalue weighted by Gasteiger charge is 2.20. The van der Waals surface area contributed by atoms with E-state index in [9.17, 15) is 0 Å². The molecule has 1 aliphatic rings. The standard InChI is InChI=1S/C12H15N3O2/c1-16-10-4-5-11-13-12(14-15(11)7-10)9-3-2-6-17-8-9/h4-5,7,9H,2-3,6,8H2,1H3. The summed E-state index contributed by atoms with van der Waals surface area (Å²) >= 11 is 0. The van der Waals surface area contributed by atoms with Crippen LogP contribution < -0.4 is 4.74 Å². The molecule has 0 aliphatic carbocycles. The average Bonchev–Trinajstić information content (AvgIpc) is 2.82. The molecule has 0 saturated carbocycles. The Bertz CT molecular complexity index is 517. The van der Waals surface area contributed by atoms with Crippen molar-refractivity contribution >= 4 is 5.65 Å². The number of hydrogen-bond acceptors (Lipinski definition) is 4. The van der Waals surface area contributed by atoms with E-state index < -0.39 is 0 Å². The molecule has 17 heavy (non-hydrogen) atoms. The minimum Gasteiger partial charge on any atom is -0.495 e. The normalized spacial score (nSPS) is 20.6. The second-order valence-corrected chi connectivity index (χ2v) is 4.26. The van der Waals surface area contributed by atoms with Gasteiger partial charge in [-0.05, 0) is 25.0 Å². The van der Waals surface area contributed by atoms with E-state index in [1.165, 1.54) is 0 Å². The Morgan fingerprint density at radius 1 is 1.47 bits per heavy atom.